The Hall–Kier alpha value is -1.02. The number of hydrogen-bond donors (Lipinski definition) is 1. The fourth-order valence-electron chi connectivity index (χ4n) is 2.32. The largest absolute Gasteiger partial charge is 0.382 e. The fourth-order valence-corrected chi connectivity index (χ4v) is 2.32. The van der Waals surface area contributed by atoms with Crippen LogP contribution < -0.4 is 5.32 Å². The van der Waals surface area contributed by atoms with Crippen LogP contribution in [0.3, 0.4) is 0 Å². The number of rotatable bonds is 6. The molecule has 1 atom stereocenters. The summed E-state index contributed by atoms with van der Waals surface area (Å²) >= 11 is 0. The van der Waals surface area contributed by atoms with Gasteiger partial charge in [-0.25, -0.2) is 0 Å². The molecule has 1 aliphatic carbocycles. The lowest BCUT2D eigenvalue weighted by Crippen LogP contribution is -2.18. The summed E-state index contributed by atoms with van der Waals surface area (Å²) < 4.78 is 0. The van der Waals surface area contributed by atoms with E-state index < -0.39 is 0 Å². The maximum Gasteiger partial charge on any atom is 0.0387 e. The quantitative estimate of drug-likeness (QED) is 0.809. The van der Waals surface area contributed by atoms with E-state index in [1.54, 1.807) is 0 Å². The predicted octanol–water partition coefficient (Wildman–Crippen LogP) is 3.35. The molecule has 2 nitrogen and oxygen atoms in total. The molecular formula is C15H24N2. The van der Waals surface area contributed by atoms with Gasteiger partial charge in [-0.1, -0.05) is 31.0 Å². The minimum Gasteiger partial charge on any atom is -0.382 e. The van der Waals surface area contributed by atoms with Gasteiger partial charge >= 0.3 is 0 Å². The second-order valence-electron chi connectivity index (χ2n) is 5.62. The Balaban J connectivity index is 1.97. The molecule has 0 aliphatic heterocycles. The van der Waals surface area contributed by atoms with Crippen LogP contribution in [0, 0.1) is 5.92 Å². The highest BCUT2D eigenvalue weighted by Gasteiger charge is 2.23. The van der Waals surface area contributed by atoms with Gasteiger partial charge in [0.05, 0.1) is 0 Å². The van der Waals surface area contributed by atoms with E-state index in [0.29, 0.717) is 6.04 Å². The summed E-state index contributed by atoms with van der Waals surface area (Å²) in [6, 6.07) is 9.24. The van der Waals surface area contributed by atoms with Crippen molar-refractivity contribution in [2.24, 2.45) is 5.92 Å². The predicted molar refractivity (Wildman–Crippen MR) is 74.3 cm³/mol. The minimum atomic E-state index is 0.589. The highest BCUT2D eigenvalue weighted by molar-refractivity contribution is 5.51. The summed E-state index contributed by atoms with van der Waals surface area (Å²) in [5.41, 5.74) is 2.69. The van der Waals surface area contributed by atoms with E-state index in [2.05, 4.69) is 55.5 Å². The number of nitrogens with zero attached hydrogens (tertiary/aromatic N) is 1. The molecule has 0 radical (unpaired) electrons. The lowest BCUT2D eigenvalue weighted by Gasteiger charge is -2.19. The third-order valence-corrected chi connectivity index (χ3v) is 3.29. The summed E-state index contributed by atoms with van der Waals surface area (Å²) in [4.78, 5) is 2.21. The molecule has 1 fully saturated rings. The molecule has 0 saturated heterocycles. The molecule has 0 spiro atoms. The van der Waals surface area contributed by atoms with Gasteiger partial charge in [0.2, 0.25) is 0 Å². The fraction of sp³-hybridized carbons (Fsp3) is 0.600. The molecule has 0 aromatic heterocycles. The summed E-state index contributed by atoms with van der Waals surface area (Å²) in [6.45, 7) is 3.30. The maximum absolute atomic E-state index is 3.66. The van der Waals surface area contributed by atoms with Gasteiger partial charge in [-0.3, -0.25) is 0 Å². The second kappa shape index (κ2) is 5.54. The molecule has 17 heavy (non-hydrogen) atoms. The van der Waals surface area contributed by atoms with Crippen LogP contribution in [-0.2, 0) is 6.54 Å². The summed E-state index contributed by atoms with van der Waals surface area (Å²) in [6.07, 6.45) is 4.19. The third kappa shape index (κ3) is 4.04. The van der Waals surface area contributed by atoms with Crippen LogP contribution >= 0.6 is 0 Å². The Bertz CT molecular complexity index is 356. The van der Waals surface area contributed by atoms with Crippen LogP contribution in [0.2, 0.25) is 0 Å². The van der Waals surface area contributed by atoms with Gasteiger partial charge in [-0.05, 0) is 45.0 Å². The van der Waals surface area contributed by atoms with Gasteiger partial charge in [0.25, 0.3) is 0 Å². The third-order valence-electron chi connectivity index (χ3n) is 3.29. The Kier molecular flexibility index (Phi) is 4.06. The molecule has 1 aromatic carbocycles. The first-order valence-electron chi connectivity index (χ1n) is 6.64. The van der Waals surface area contributed by atoms with Gasteiger partial charge in [-0.2, -0.15) is 0 Å². The normalized spacial score (nSPS) is 17.2. The molecule has 2 rings (SSSR count). The van der Waals surface area contributed by atoms with Crippen LogP contribution in [0.4, 0.5) is 5.69 Å². The molecule has 1 aliphatic rings. The van der Waals surface area contributed by atoms with E-state index in [0.717, 1.165) is 12.5 Å². The molecular weight excluding hydrogens is 208 g/mol. The van der Waals surface area contributed by atoms with Crippen molar-refractivity contribution in [2.45, 2.75) is 38.8 Å². The first kappa shape index (κ1) is 12.4. The SMILES string of the molecule is CC(CC1CC1)Nc1ccccc1CN(C)C. The minimum absolute atomic E-state index is 0.589. The highest BCUT2D eigenvalue weighted by Crippen LogP contribution is 2.34. The standard InChI is InChI=1S/C15H24N2/c1-12(10-13-8-9-13)16-15-7-5-4-6-14(15)11-17(2)3/h4-7,12-13,16H,8-11H2,1-3H3. The van der Waals surface area contributed by atoms with Crippen molar-refractivity contribution < 1.29 is 0 Å². The molecule has 1 aromatic rings. The summed E-state index contributed by atoms with van der Waals surface area (Å²) in [5, 5.41) is 3.66. The van der Waals surface area contributed by atoms with Crippen LogP contribution in [-0.4, -0.2) is 25.0 Å². The van der Waals surface area contributed by atoms with Gasteiger partial charge in [0.1, 0.15) is 0 Å². The monoisotopic (exact) mass is 232 g/mol. The Morgan fingerprint density at radius 1 is 1.29 bits per heavy atom. The molecule has 1 saturated carbocycles. The Labute approximate surface area is 105 Å². The number of nitrogens with one attached hydrogen (secondary N) is 1. The zero-order chi connectivity index (χ0) is 12.3. The number of benzene rings is 1. The first-order valence-corrected chi connectivity index (χ1v) is 6.64. The van der Waals surface area contributed by atoms with Crippen molar-refractivity contribution in [1.82, 2.24) is 4.90 Å². The molecule has 0 bridgehead atoms. The van der Waals surface area contributed by atoms with Crippen molar-refractivity contribution in [3.05, 3.63) is 29.8 Å². The first-order chi connectivity index (χ1) is 8.15. The van der Waals surface area contributed by atoms with Gasteiger partial charge in [-0.15, -0.1) is 0 Å². The number of anilines is 1. The lowest BCUT2D eigenvalue weighted by molar-refractivity contribution is 0.403. The van der Waals surface area contributed by atoms with Gasteiger partial charge < -0.3 is 10.2 Å². The van der Waals surface area contributed by atoms with Crippen molar-refractivity contribution in [3.63, 3.8) is 0 Å². The van der Waals surface area contributed by atoms with Gasteiger partial charge in [0, 0.05) is 18.3 Å². The zero-order valence-electron chi connectivity index (χ0n) is 11.2. The van der Waals surface area contributed by atoms with Crippen molar-refractivity contribution in [1.29, 1.82) is 0 Å². The van der Waals surface area contributed by atoms with Crippen LogP contribution in [0.5, 0.6) is 0 Å². The van der Waals surface area contributed by atoms with E-state index in [9.17, 15) is 0 Å². The molecule has 94 valence electrons. The summed E-state index contributed by atoms with van der Waals surface area (Å²) in [5.74, 6) is 0.985. The average Bonchev–Trinajstić information content (AvgIpc) is 3.04. The molecule has 1 unspecified atom stereocenters. The van der Waals surface area contributed by atoms with E-state index in [1.807, 2.05) is 0 Å². The summed E-state index contributed by atoms with van der Waals surface area (Å²) in [7, 11) is 4.23. The average molecular weight is 232 g/mol. The Morgan fingerprint density at radius 2 is 2.00 bits per heavy atom. The van der Waals surface area contributed by atoms with E-state index in [4.69, 9.17) is 0 Å². The molecule has 0 heterocycles. The smallest absolute Gasteiger partial charge is 0.0387 e. The number of para-hydroxylation sites is 1. The molecule has 0 amide bonds. The van der Waals surface area contributed by atoms with Crippen LogP contribution in [0.1, 0.15) is 31.7 Å². The van der Waals surface area contributed by atoms with Crippen molar-refractivity contribution >= 4 is 5.69 Å². The van der Waals surface area contributed by atoms with Crippen LogP contribution in [0.25, 0.3) is 0 Å². The second-order valence-corrected chi connectivity index (χ2v) is 5.62. The van der Waals surface area contributed by atoms with E-state index in [1.165, 1.54) is 30.5 Å². The number of hydrogen-bond acceptors (Lipinski definition) is 2. The molecule has 1 N–H and O–H groups in total. The Morgan fingerprint density at radius 3 is 2.65 bits per heavy atom. The zero-order valence-corrected chi connectivity index (χ0v) is 11.2. The lowest BCUT2D eigenvalue weighted by atomic mass is 10.1. The van der Waals surface area contributed by atoms with Crippen LogP contribution in [0.15, 0.2) is 24.3 Å². The maximum atomic E-state index is 3.66. The van der Waals surface area contributed by atoms with E-state index >= 15 is 0 Å². The van der Waals surface area contributed by atoms with Crippen molar-refractivity contribution in [2.75, 3.05) is 19.4 Å². The van der Waals surface area contributed by atoms with E-state index in [-0.39, 0.29) is 0 Å². The van der Waals surface area contributed by atoms with Crippen molar-refractivity contribution in [3.8, 4) is 0 Å². The van der Waals surface area contributed by atoms with Gasteiger partial charge in [0.15, 0.2) is 0 Å². The highest BCUT2D eigenvalue weighted by atomic mass is 15.1. The molecule has 2 heteroatoms. The topological polar surface area (TPSA) is 15.3 Å².